The van der Waals surface area contributed by atoms with Crippen LogP contribution in [0.5, 0.6) is 0 Å². The maximum atomic E-state index is 11.4. The lowest BCUT2D eigenvalue weighted by Crippen LogP contribution is -2.05. The molecule has 0 spiro atoms. The van der Waals surface area contributed by atoms with E-state index in [0.717, 1.165) is 18.4 Å². The van der Waals surface area contributed by atoms with Gasteiger partial charge in [0.25, 0.3) is 0 Å². The fourth-order valence-corrected chi connectivity index (χ4v) is 1.34. The number of hydrogen-bond acceptors (Lipinski definition) is 2. The Morgan fingerprint density at radius 2 is 2.06 bits per heavy atom. The Morgan fingerprint density at radius 1 is 1.35 bits per heavy atom. The van der Waals surface area contributed by atoms with Crippen molar-refractivity contribution in [2.45, 2.75) is 26.7 Å². The Labute approximate surface area is 103 Å². The first-order valence-corrected chi connectivity index (χ1v) is 6.12. The molecule has 0 aliphatic rings. The lowest BCUT2D eigenvalue weighted by Gasteiger charge is -2.07. The first-order valence-electron chi connectivity index (χ1n) is 6.12. The molecule has 2 heteroatoms. The van der Waals surface area contributed by atoms with Crippen LogP contribution in [-0.2, 0) is 9.53 Å². The standard InChI is InChI=1S/C15H20O2/c1-3-13(2)11-12-17-15(16)10-9-14-7-5-4-6-8-14/h4-10,13H,3,11-12H2,1-2H3. The Hall–Kier alpha value is -1.57. The minimum absolute atomic E-state index is 0.267. The van der Waals surface area contributed by atoms with E-state index < -0.39 is 0 Å². The molecule has 0 amide bonds. The lowest BCUT2D eigenvalue weighted by molar-refractivity contribution is -0.138. The van der Waals surface area contributed by atoms with Gasteiger partial charge in [0, 0.05) is 6.08 Å². The van der Waals surface area contributed by atoms with Crippen LogP contribution in [0, 0.1) is 5.92 Å². The van der Waals surface area contributed by atoms with Crippen LogP contribution in [0.25, 0.3) is 6.08 Å². The normalized spacial score (nSPS) is 12.6. The largest absolute Gasteiger partial charge is 0.463 e. The van der Waals surface area contributed by atoms with E-state index in [1.807, 2.05) is 30.3 Å². The summed E-state index contributed by atoms with van der Waals surface area (Å²) in [6.07, 6.45) is 5.30. The number of benzene rings is 1. The summed E-state index contributed by atoms with van der Waals surface area (Å²) in [6, 6.07) is 9.72. The molecule has 0 aromatic heterocycles. The molecule has 0 radical (unpaired) electrons. The second-order valence-electron chi connectivity index (χ2n) is 4.21. The van der Waals surface area contributed by atoms with Gasteiger partial charge in [-0.1, -0.05) is 50.6 Å². The first-order chi connectivity index (χ1) is 8.22. The lowest BCUT2D eigenvalue weighted by atomic mass is 10.1. The highest BCUT2D eigenvalue weighted by Crippen LogP contribution is 2.06. The van der Waals surface area contributed by atoms with Gasteiger partial charge < -0.3 is 4.74 Å². The quantitative estimate of drug-likeness (QED) is 0.552. The minimum atomic E-state index is -0.267. The molecule has 0 fully saturated rings. The molecule has 1 aromatic rings. The third kappa shape index (κ3) is 5.91. The predicted molar refractivity (Wildman–Crippen MR) is 70.5 cm³/mol. The summed E-state index contributed by atoms with van der Waals surface area (Å²) in [6.45, 7) is 4.81. The molecule has 2 nitrogen and oxygen atoms in total. The van der Waals surface area contributed by atoms with E-state index in [2.05, 4.69) is 13.8 Å². The predicted octanol–water partition coefficient (Wildman–Crippen LogP) is 3.68. The van der Waals surface area contributed by atoms with E-state index >= 15 is 0 Å². The van der Waals surface area contributed by atoms with Crippen LogP contribution in [-0.4, -0.2) is 12.6 Å². The molecule has 92 valence electrons. The summed E-state index contributed by atoms with van der Waals surface area (Å²) in [5, 5.41) is 0. The summed E-state index contributed by atoms with van der Waals surface area (Å²) >= 11 is 0. The van der Waals surface area contributed by atoms with E-state index in [4.69, 9.17) is 4.74 Å². The molecule has 0 bridgehead atoms. The van der Waals surface area contributed by atoms with Crippen molar-refractivity contribution in [2.24, 2.45) is 5.92 Å². The zero-order valence-electron chi connectivity index (χ0n) is 10.6. The minimum Gasteiger partial charge on any atom is -0.463 e. The highest BCUT2D eigenvalue weighted by atomic mass is 16.5. The van der Waals surface area contributed by atoms with Gasteiger partial charge >= 0.3 is 5.97 Å². The van der Waals surface area contributed by atoms with E-state index in [-0.39, 0.29) is 5.97 Å². The van der Waals surface area contributed by atoms with Gasteiger partial charge in [-0.25, -0.2) is 4.79 Å². The van der Waals surface area contributed by atoms with Crippen LogP contribution in [0.4, 0.5) is 0 Å². The van der Waals surface area contributed by atoms with E-state index in [1.165, 1.54) is 6.08 Å². The van der Waals surface area contributed by atoms with Crippen molar-refractivity contribution >= 4 is 12.0 Å². The van der Waals surface area contributed by atoms with E-state index in [9.17, 15) is 4.79 Å². The number of ether oxygens (including phenoxy) is 1. The Morgan fingerprint density at radius 3 is 2.71 bits per heavy atom. The molecule has 0 saturated heterocycles. The number of carbonyl (C=O) groups is 1. The Bertz CT molecular complexity index is 354. The van der Waals surface area contributed by atoms with Gasteiger partial charge in [0.15, 0.2) is 0 Å². The zero-order valence-corrected chi connectivity index (χ0v) is 10.6. The second-order valence-corrected chi connectivity index (χ2v) is 4.21. The van der Waals surface area contributed by atoms with Crippen molar-refractivity contribution in [1.29, 1.82) is 0 Å². The average Bonchev–Trinajstić information content (AvgIpc) is 2.37. The van der Waals surface area contributed by atoms with Crippen LogP contribution < -0.4 is 0 Å². The maximum absolute atomic E-state index is 11.4. The molecule has 0 aliphatic heterocycles. The van der Waals surface area contributed by atoms with Gasteiger partial charge in [-0.15, -0.1) is 0 Å². The third-order valence-electron chi connectivity index (χ3n) is 2.76. The van der Waals surface area contributed by atoms with Gasteiger partial charge in [-0.2, -0.15) is 0 Å². The second kappa shape index (κ2) is 7.66. The van der Waals surface area contributed by atoms with Gasteiger partial charge in [0.2, 0.25) is 0 Å². The molecule has 0 heterocycles. The molecule has 1 rings (SSSR count). The Kier molecular flexibility index (Phi) is 6.08. The molecule has 17 heavy (non-hydrogen) atoms. The van der Waals surface area contributed by atoms with Crippen LogP contribution in [0.15, 0.2) is 36.4 Å². The molecule has 0 aliphatic carbocycles. The van der Waals surface area contributed by atoms with Crippen LogP contribution >= 0.6 is 0 Å². The van der Waals surface area contributed by atoms with Gasteiger partial charge in [-0.05, 0) is 24.0 Å². The van der Waals surface area contributed by atoms with Crippen molar-refractivity contribution in [3.05, 3.63) is 42.0 Å². The number of carbonyl (C=O) groups excluding carboxylic acids is 1. The zero-order chi connectivity index (χ0) is 12.5. The summed E-state index contributed by atoms with van der Waals surface area (Å²) < 4.78 is 5.11. The van der Waals surface area contributed by atoms with E-state index in [1.54, 1.807) is 6.08 Å². The third-order valence-corrected chi connectivity index (χ3v) is 2.76. The Balaban J connectivity index is 2.28. The van der Waals surface area contributed by atoms with Crippen molar-refractivity contribution in [2.75, 3.05) is 6.61 Å². The highest BCUT2D eigenvalue weighted by molar-refractivity contribution is 5.86. The molecular weight excluding hydrogens is 212 g/mol. The topological polar surface area (TPSA) is 26.3 Å². The van der Waals surface area contributed by atoms with Gasteiger partial charge in [-0.3, -0.25) is 0 Å². The van der Waals surface area contributed by atoms with Crippen molar-refractivity contribution in [3.63, 3.8) is 0 Å². The molecular formula is C15H20O2. The van der Waals surface area contributed by atoms with E-state index in [0.29, 0.717) is 12.5 Å². The fourth-order valence-electron chi connectivity index (χ4n) is 1.34. The smallest absolute Gasteiger partial charge is 0.330 e. The molecule has 1 aromatic carbocycles. The summed E-state index contributed by atoms with van der Waals surface area (Å²) in [5.41, 5.74) is 1.01. The highest BCUT2D eigenvalue weighted by Gasteiger charge is 2.01. The fraction of sp³-hybridized carbons (Fsp3) is 0.400. The summed E-state index contributed by atoms with van der Waals surface area (Å²) in [4.78, 5) is 11.4. The summed E-state index contributed by atoms with van der Waals surface area (Å²) in [7, 11) is 0. The van der Waals surface area contributed by atoms with Crippen molar-refractivity contribution in [3.8, 4) is 0 Å². The van der Waals surface area contributed by atoms with Crippen molar-refractivity contribution in [1.82, 2.24) is 0 Å². The first kappa shape index (κ1) is 13.5. The summed E-state index contributed by atoms with van der Waals surface area (Å²) in [5.74, 6) is 0.345. The molecule has 0 N–H and O–H groups in total. The molecule has 1 atom stereocenters. The maximum Gasteiger partial charge on any atom is 0.330 e. The van der Waals surface area contributed by atoms with Crippen LogP contribution in [0.2, 0.25) is 0 Å². The van der Waals surface area contributed by atoms with Gasteiger partial charge in [0.1, 0.15) is 0 Å². The average molecular weight is 232 g/mol. The number of esters is 1. The SMILES string of the molecule is CCC(C)CCOC(=O)C=Cc1ccccc1. The van der Waals surface area contributed by atoms with Crippen LogP contribution in [0.3, 0.4) is 0 Å². The molecule has 1 unspecified atom stereocenters. The van der Waals surface area contributed by atoms with Crippen molar-refractivity contribution < 1.29 is 9.53 Å². The monoisotopic (exact) mass is 232 g/mol. The van der Waals surface area contributed by atoms with Crippen LogP contribution in [0.1, 0.15) is 32.3 Å². The number of hydrogen-bond donors (Lipinski definition) is 0. The molecule has 0 saturated carbocycles. The number of rotatable bonds is 6. The van der Waals surface area contributed by atoms with Gasteiger partial charge in [0.05, 0.1) is 6.61 Å².